The van der Waals surface area contributed by atoms with Gasteiger partial charge in [0.2, 0.25) is 0 Å². The lowest BCUT2D eigenvalue weighted by Gasteiger charge is -2.37. The van der Waals surface area contributed by atoms with E-state index < -0.39 is 11.6 Å². The van der Waals surface area contributed by atoms with Crippen molar-refractivity contribution in [1.29, 1.82) is 0 Å². The van der Waals surface area contributed by atoms with Crippen molar-refractivity contribution in [3.8, 4) is 0 Å². The van der Waals surface area contributed by atoms with Crippen molar-refractivity contribution in [2.75, 3.05) is 5.32 Å². The lowest BCUT2D eigenvalue weighted by atomic mass is 9.76. The van der Waals surface area contributed by atoms with Gasteiger partial charge in [0.15, 0.2) is 0 Å². The van der Waals surface area contributed by atoms with Crippen LogP contribution in [0.5, 0.6) is 0 Å². The maximum absolute atomic E-state index is 13.7. The second kappa shape index (κ2) is 5.72. The molecule has 1 aliphatic carbocycles. The molecule has 0 radical (unpaired) electrons. The number of hydrogen-bond donors (Lipinski definition) is 1. The van der Waals surface area contributed by atoms with E-state index in [2.05, 4.69) is 21.2 Å². The molecule has 0 spiro atoms. The number of rotatable bonds is 3. The fourth-order valence-electron chi connectivity index (χ4n) is 2.65. The summed E-state index contributed by atoms with van der Waals surface area (Å²) in [6, 6.07) is 8.95. The highest BCUT2D eigenvalue weighted by Gasteiger charge is 2.31. The predicted octanol–water partition coefficient (Wildman–Crippen LogP) is 5.22. The monoisotopic (exact) mass is 355 g/mol. The molecule has 1 aliphatic rings. The Balaban J connectivity index is 1.65. The van der Waals surface area contributed by atoms with E-state index in [1.54, 1.807) is 6.07 Å². The Morgan fingerprint density at radius 2 is 1.67 bits per heavy atom. The van der Waals surface area contributed by atoms with E-state index in [0.29, 0.717) is 4.47 Å². The van der Waals surface area contributed by atoms with Gasteiger partial charge in [-0.2, -0.15) is 0 Å². The minimum absolute atomic E-state index is 0.00319. The molecule has 0 saturated heterocycles. The molecule has 1 saturated carbocycles. The van der Waals surface area contributed by atoms with Crippen LogP contribution in [0.1, 0.15) is 24.3 Å². The van der Waals surface area contributed by atoms with Gasteiger partial charge in [0.05, 0.1) is 0 Å². The molecule has 0 amide bonds. The molecular weight excluding hydrogens is 343 g/mol. The summed E-state index contributed by atoms with van der Waals surface area (Å²) in [6.07, 6.45) is 1.47. The van der Waals surface area contributed by atoms with E-state index in [4.69, 9.17) is 0 Å². The highest BCUT2D eigenvalue weighted by atomic mass is 79.9. The summed E-state index contributed by atoms with van der Waals surface area (Å²) in [5.74, 6) is -1.25. The second-order valence-electron chi connectivity index (χ2n) is 5.31. The standard InChI is InChI=1S/C16H13BrF3N/c17-11-7-14(19)16(15(20)8-11)21-13-5-10(6-13)9-2-1-3-12(18)4-9/h1-4,7-8,10,13,21H,5-6H2. The van der Waals surface area contributed by atoms with Crippen LogP contribution in [0.25, 0.3) is 0 Å². The van der Waals surface area contributed by atoms with Gasteiger partial charge in [0.25, 0.3) is 0 Å². The van der Waals surface area contributed by atoms with Gasteiger partial charge in [0.1, 0.15) is 23.1 Å². The molecule has 5 heteroatoms. The van der Waals surface area contributed by atoms with Crippen LogP contribution in [0.3, 0.4) is 0 Å². The van der Waals surface area contributed by atoms with E-state index in [-0.39, 0.29) is 23.5 Å². The number of benzene rings is 2. The molecule has 3 rings (SSSR count). The summed E-state index contributed by atoms with van der Waals surface area (Å²) in [7, 11) is 0. The van der Waals surface area contributed by atoms with E-state index in [1.165, 1.54) is 24.3 Å². The van der Waals surface area contributed by atoms with Crippen molar-refractivity contribution in [1.82, 2.24) is 0 Å². The van der Waals surface area contributed by atoms with E-state index in [1.807, 2.05) is 6.07 Å². The SMILES string of the molecule is Fc1cccc(C2CC(Nc3c(F)cc(Br)cc3F)C2)c1. The molecule has 0 atom stereocenters. The number of halogens is 4. The predicted molar refractivity (Wildman–Crippen MR) is 79.8 cm³/mol. The Kier molecular flexibility index (Phi) is 3.93. The topological polar surface area (TPSA) is 12.0 Å². The van der Waals surface area contributed by atoms with Crippen molar-refractivity contribution >= 4 is 21.6 Å². The van der Waals surface area contributed by atoms with Crippen molar-refractivity contribution in [2.24, 2.45) is 0 Å². The van der Waals surface area contributed by atoms with Crippen LogP contribution in [0.15, 0.2) is 40.9 Å². The molecule has 0 aliphatic heterocycles. The Bertz CT molecular complexity index is 645. The van der Waals surface area contributed by atoms with Crippen molar-refractivity contribution < 1.29 is 13.2 Å². The van der Waals surface area contributed by atoms with Gasteiger partial charge in [-0.25, -0.2) is 13.2 Å². The van der Waals surface area contributed by atoms with Crippen LogP contribution in [0.4, 0.5) is 18.9 Å². The fourth-order valence-corrected chi connectivity index (χ4v) is 3.05. The summed E-state index contributed by atoms with van der Waals surface area (Å²) < 4.78 is 41.0. The molecule has 1 N–H and O–H groups in total. The number of hydrogen-bond acceptors (Lipinski definition) is 1. The van der Waals surface area contributed by atoms with Crippen molar-refractivity contribution in [3.63, 3.8) is 0 Å². The van der Waals surface area contributed by atoms with E-state index >= 15 is 0 Å². The zero-order valence-electron chi connectivity index (χ0n) is 11.0. The molecule has 0 aromatic heterocycles. The highest BCUT2D eigenvalue weighted by molar-refractivity contribution is 9.10. The lowest BCUT2D eigenvalue weighted by Crippen LogP contribution is -2.34. The molecule has 21 heavy (non-hydrogen) atoms. The van der Waals surface area contributed by atoms with Gasteiger partial charge in [-0.05, 0) is 48.6 Å². The number of anilines is 1. The van der Waals surface area contributed by atoms with Crippen LogP contribution < -0.4 is 5.32 Å². The van der Waals surface area contributed by atoms with Gasteiger partial charge in [-0.15, -0.1) is 0 Å². The third kappa shape index (κ3) is 3.07. The first kappa shape index (κ1) is 14.4. The van der Waals surface area contributed by atoms with Crippen LogP contribution in [0, 0.1) is 17.5 Å². The number of nitrogens with one attached hydrogen (secondary N) is 1. The van der Waals surface area contributed by atoms with E-state index in [9.17, 15) is 13.2 Å². The summed E-state index contributed by atoms with van der Waals surface area (Å²) in [4.78, 5) is 0. The Labute approximate surface area is 129 Å². The smallest absolute Gasteiger partial charge is 0.150 e. The third-order valence-corrected chi connectivity index (χ3v) is 4.27. The highest BCUT2D eigenvalue weighted by Crippen LogP contribution is 2.39. The van der Waals surface area contributed by atoms with Crippen LogP contribution in [0.2, 0.25) is 0 Å². The molecule has 2 aromatic carbocycles. The normalized spacial score (nSPS) is 21.0. The quantitative estimate of drug-likeness (QED) is 0.795. The Morgan fingerprint density at radius 1 is 1.00 bits per heavy atom. The first-order valence-electron chi connectivity index (χ1n) is 6.69. The molecule has 0 heterocycles. The second-order valence-corrected chi connectivity index (χ2v) is 6.22. The maximum Gasteiger partial charge on any atom is 0.150 e. The van der Waals surface area contributed by atoms with Crippen LogP contribution in [-0.4, -0.2) is 6.04 Å². The van der Waals surface area contributed by atoms with Crippen molar-refractivity contribution in [2.45, 2.75) is 24.8 Å². The van der Waals surface area contributed by atoms with Crippen molar-refractivity contribution in [3.05, 3.63) is 63.9 Å². The fraction of sp³-hybridized carbons (Fsp3) is 0.250. The first-order chi connectivity index (χ1) is 10.0. The zero-order valence-corrected chi connectivity index (χ0v) is 12.6. The van der Waals surface area contributed by atoms with Crippen LogP contribution >= 0.6 is 15.9 Å². The van der Waals surface area contributed by atoms with Gasteiger partial charge in [0, 0.05) is 10.5 Å². The average Bonchev–Trinajstić information content (AvgIpc) is 2.35. The minimum Gasteiger partial charge on any atom is -0.378 e. The molecule has 2 aromatic rings. The lowest BCUT2D eigenvalue weighted by molar-refractivity contribution is 0.370. The minimum atomic E-state index is -0.615. The van der Waals surface area contributed by atoms with Gasteiger partial charge < -0.3 is 5.32 Å². The Morgan fingerprint density at radius 3 is 2.29 bits per heavy atom. The van der Waals surface area contributed by atoms with Gasteiger partial charge in [-0.3, -0.25) is 0 Å². The molecule has 1 fully saturated rings. The summed E-state index contributed by atoms with van der Waals surface area (Å²) >= 11 is 3.05. The first-order valence-corrected chi connectivity index (χ1v) is 7.49. The summed E-state index contributed by atoms with van der Waals surface area (Å²) in [6.45, 7) is 0. The molecule has 1 nitrogen and oxygen atoms in total. The molecule has 110 valence electrons. The Hall–Kier alpha value is -1.49. The largest absolute Gasteiger partial charge is 0.378 e. The summed E-state index contributed by atoms with van der Waals surface area (Å²) in [5.41, 5.74) is 0.839. The molecular formula is C16H13BrF3N. The summed E-state index contributed by atoms with van der Waals surface area (Å²) in [5, 5.41) is 2.89. The van der Waals surface area contributed by atoms with E-state index in [0.717, 1.165) is 18.4 Å². The molecule has 0 unspecified atom stereocenters. The third-order valence-electron chi connectivity index (χ3n) is 3.81. The van der Waals surface area contributed by atoms with Gasteiger partial charge in [-0.1, -0.05) is 28.1 Å². The zero-order chi connectivity index (χ0) is 15.0. The van der Waals surface area contributed by atoms with Crippen LogP contribution in [-0.2, 0) is 0 Å². The van der Waals surface area contributed by atoms with Gasteiger partial charge >= 0.3 is 0 Å². The maximum atomic E-state index is 13.7. The average molecular weight is 356 g/mol. The molecule has 0 bridgehead atoms.